The molecule has 1 fully saturated rings. The Kier molecular flexibility index (Phi) is 4.75. The highest BCUT2D eigenvalue weighted by molar-refractivity contribution is 6.01. The van der Waals surface area contributed by atoms with Crippen LogP contribution >= 0.6 is 0 Å². The van der Waals surface area contributed by atoms with E-state index in [0.29, 0.717) is 12.1 Å². The van der Waals surface area contributed by atoms with Crippen molar-refractivity contribution in [2.75, 3.05) is 13.1 Å². The van der Waals surface area contributed by atoms with Crippen LogP contribution in [0.15, 0.2) is 55.0 Å². The van der Waals surface area contributed by atoms with E-state index in [1.807, 2.05) is 67.7 Å². The number of rotatable bonds is 3. The van der Waals surface area contributed by atoms with E-state index in [4.69, 9.17) is 0 Å². The summed E-state index contributed by atoms with van der Waals surface area (Å²) in [5, 5.41) is 0. The number of carbonyl (C=O) groups is 1. The summed E-state index contributed by atoms with van der Waals surface area (Å²) in [6, 6.07) is 12.0. The van der Waals surface area contributed by atoms with Gasteiger partial charge in [-0.05, 0) is 37.0 Å². The lowest BCUT2D eigenvalue weighted by Gasteiger charge is -2.33. The third-order valence-electron chi connectivity index (χ3n) is 5.37. The minimum atomic E-state index is 0.0679. The van der Waals surface area contributed by atoms with Crippen molar-refractivity contribution in [3.8, 4) is 11.1 Å². The number of carbonyl (C=O) groups excluding carboxylic acids is 1. The lowest BCUT2D eigenvalue weighted by atomic mass is 9.94. The normalized spacial score (nSPS) is 17.1. The Hall–Kier alpha value is -2.95. The van der Waals surface area contributed by atoms with Crippen LogP contribution in [0.1, 0.15) is 40.6 Å². The second kappa shape index (κ2) is 7.35. The van der Waals surface area contributed by atoms with Crippen LogP contribution in [-0.4, -0.2) is 38.4 Å². The largest absolute Gasteiger partial charge is 0.338 e. The highest BCUT2D eigenvalue weighted by Crippen LogP contribution is 2.30. The summed E-state index contributed by atoms with van der Waals surface area (Å²) in [5.74, 6) is 1.40. The van der Waals surface area contributed by atoms with Gasteiger partial charge in [0.05, 0.1) is 11.3 Å². The maximum absolute atomic E-state index is 13.5. The molecule has 2 aromatic heterocycles. The van der Waals surface area contributed by atoms with E-state index in [2.05, 4.69) is 14.5 Å². The Morgan fingerprint density at radius 1 is 1.11 bits per heavy atom. The van der Waals surface area contributed by atoms with E-state index in [-0.39, 0.29) is 11.8 Å². The highest BCUT2D eigenvalue weighted by atomic mass is 16.2. The molecular formula is C22H24N4O. The van der Waals surface area contributed by atoms with Crippen LogP contribution in [0.5, 0.6) is 0 Å². The number of piperidine rings is 1. The van der Waals surface area contributed by atoms with Gasteiger partial charge in [-0.25, -0.2) is 4.98 Å². The predicted molar refractivity (Wildman–Crippen MR) is 105 cm³/mol. The molecule has 0 bridgehead atoms. The molecule has 0 saturated carbocycles. The summed E-state index contributed by atoms with van der Waals surface area (Å²) >= 11 is 0. The minimum Gasteiger partial charge on any atom is -0.338 e. The monoisotopic (exact) mass is 360 g/mol. The Balaban J connectivity index is 1.66. The number of benzene rings is 1. The molecule has 1 atom stereocenters. The van der Waals surface area contributed by atoms with Crippen LogP contribution in [0.3, 0.4) is 0 Å². The summed E-state index contributed by atoms with van der Waals surface area (Å²) in [6.07, 6.45) is 7.63. The van der Waals surface area contributed by atoms with Crippen molar-refractivity contribution in [1.82, 2.24) is 19.4 Å². The number of nitrogens with zero attached hydrogens (tertiary/aromatic N) is 4. The van der Waals surface area contributed by atoms with Gasteiger partial charge in [0.15, 0.2) is 0 Å². The van der Waals surface area contributed by atoms with Gasteiger partial charge >= 0.3 is 0 Å². The first-order valence-electron chi connectivity index (χ1n) is 9.42. The molecule has 1 aliphatic heterocycles. The Morgan fingerprint density at radius 2 is 1.93 bits per heavy atom. The highest BCUT2D eigenvalue weighted by Gasteiger charge is 2.29. The number of aryl methyl sites for hydroxylation is 2. The van der Waals surface area contributed by atoms with Crippen molar-refractivity contribution < 1.29 is 4.79 Å². The van der Waals surface area contributed by atoms with Crippen LogP contribution in [0.4, 0.5) is 0 Å². The third-order valence-corrected chi connectivity index (χ3v) is 5.37. The summed E-state index contributed by atoms with van der Waals surface area (Å²) in [5.41, 5.74) is 3.49. The van der Waals surface area contributed by atoms with E-state index in [1.165, 1.54) is 0 Å². The van der Waals surface area contributed by atoms with Gasteiger partial charge in [-0.15, -0.1) is 0 Å². The molecule has 1 saturated heterocycles. The average molecular weight is 360 g/mol. The van der Waals surface area contributed by atoms with Gasteiger partial charge in [0.2, 0.25) is 0 Å². The number of hydrogen-bond acceptors (Lipinski definition) is 3. The summed E-state index contributed by atoms with van der Waals surface area (Å²) < 4.78 is 2.06. The van der Waals surface area contributed by atoms with Crippen molar-refractivity contribution in [1.29, 1.82) is 0 Å². The molecule has 1 amide bonds. The Morgan fingerprint density at radius 3 is 2.67 bits per heavy atom. The lowest BCUT2D eigenvalue weighted by Crippen LogP contribution is -2.40. The van der Waals surface area contributed by atoms with Crippen molar-refractivity contribution in [2.24, 2.45) is 7.05 Å². The first-order valence-corrected chi connectivity index (χ1v) is 9.42. The SMILES string of the molecule is Cc1nccc(-c2ccccc2)c1C(=O)N1CCC[C@@H](c2nccn2C)C1. The number of amides is 1. The number of hydrogen-bond donors (Lipinski definition) is 0. The van der Waals surface area contributed by atoms with Crippen LogP contribution in [-0.2, 0) is 7.05 Å². The number of pyridine rings is 1. The van der Waals surface area contributed by atoms with Gasteiger partial charge in [0, 0.05) is 44.6 Å². The van der Waals surface area contributed by atoms with E-state index < -0.39 is 0 Å². The Labute approximate surface area is 159 Å². The number of aromatic nitrogens is 3. The summed E-state index contributed by atoms with van der Waals surface area (Å²) in [4.78, 5) is 24.3. The lowest BCUT2D eigenvalue weighted by molar-refractivity contribution is 0.0703. The molecule has 0 unspecified atom stereocenters. The molecular weight excluding hydrogens is 336 g/mol. The van der Waals surface area contributed by atoms with Crippen LogP contribution in [0.25, 0.3) is 11.1 Å². The van der Waals surface area contributed by atoms with E-state index in [1.54, 1.807) is 6.20 Å². The second-order valence-corrected chi connectivity index (χ2v) is 7.17. The third kappa shape index (κ3) is 3.37. The smallest absolute Gasteiger partial charge is 0.256 e. The first-order chi connectivity index (χ1) is 13.1. The second-order valence-electron chi connectivity index (χ2n) is 7.17. The molecule has 5 nitrogen and oxygen atoms in total. The molecule has 5 heteroatoms. The van der Waals surface area contributed by atoms with Crippen molar-refractivity contribution in [3.05, 3.63) is 72.1 Å². The van der Waals surface area contributed by atoms with Crippen molar-refractivity contribution in [2.45, 2.75) is 25.7 Å². The molecule has 27 heavy (non-hydrogen) atoms. The zero-order valence-electron chi connectivity index (χ0n) is 15.8. The number of likely N-dealkylation sites (tertiary alicyclic amines) is 1. The quantitative estimate of drug-likeness (QED) is 0.714. The van der Waals surface area contributed by atoms with E-state index in [0.717, 1.165) is 42.0 Å². The molecule has 1 aliphatic rings. The Bertz CT molecular complexity index is 948. The minimum absolute atomic E-state index is 0.0679. The van der Waals surface area contributed by atoms with E-state index in [9.17, 15) is 4.79 Å². The average Bonchev–Trinajstić information content (AvgIpc) is 3.14. The topological polar surface area (TPSA) is 51.0 Å². The van der Waals surface area contributed by atoms with Gasteiger partial charge in [0.1, 0.15) is 5.82 Å². The molecule has 3 aromatic rings. The van der Waals surface area contributed by atoms with Gasteiger partial charge in [-0.1, -0.05) is 30.3 Å². The zero-order valence-corrected chi connectivity index (χ0v) is 15.8. The fourth-order valence-corrected chi connectivity index (χ4v) is 4.00. The van der Waals surface area contributed by atoms with Crippen LogP contribution < -0.4 is 0 Å². The maximum atomic E-state index is 13.5. The van der Waals surface area contributed by atoms with Gasteiger partial charge in [0.25, 0.3) is 5.91 Å². The number of imidazole rings is 1. The molecule has 0 aliphatic carbocycles. The molecule has 0 spiro atoms. The fraction of sp³-hybridized carbons (Fsp3) is 0.318. The van der Waals surface area contributed by atoms with Crippen LogP contribution in [0, 0.1) is 6.92 Å². The van der Waals surface area contributed by atoms with Crippen molar-refractivity contribution in [3.63, 3.8) is 0 Å². The molecule has 1 aromatic carbocycles. The summed E-state index contributed by atoms with van der Waals surface area (Å²) in [7, 11) is 2.02. The first kappa shape index (κ1) is 17.5. The predicted octanol–water partition coefficient (Wildman–Crippen LogP) is 3.81. The van der Waals surface area contributed by atoms with Gasteiger partial charge in [-0.3, -0.25) is 9.78 Å². The van der Waals surface area contributed by atoms with Crippen LogP contribution in [0.2, 0.25) is 0 Å². The van der Waals surface area contributed by atoms with Crippen molar-refractivity contribution >= 4 is 5.91 Å². The molecule has 0 radical (unpaired) electrons. The van der Waals surface area contributed by atoms with Gasteiger partial charge in [-0.2, -0.15) is 0 Å². The van der Waals surface area contributed by atoms with Gasteiger partial charge < -0.3 is 9.47 Å². The maximum Gasteiger partial charge on any atom is 0.256 e. The van der Waals surface area contributed by atoms with E-state index >= 15 is 0 Å². The summed E-state index contributed by atoms with van der Waals surface area (Å²) in [6.45, 7) is 3.40. The molecule has 3 heterocycles. The molecule has 0 N–H and O–H groups in total. The standard InChI is InChI=1S/C22H24N4O/c1-16-20(19(10-11-23-16)17-7-4-3-5-8-17)22(27)26-13-6-9-18(15-26)21-24-12-14-25(21)2/h3-5,7-8,10-12,14,18H,6,9,13,15H2,1-2H3/t18-/m1/s1. The molecule has 138 valence electrons. The fourth-order valence-electron chi connectivity index (χ4n) is 4.00. The zero-order chi connectivity index (χ0) is 18.8. The molecule has 4 rings (SSSR count).